The molecule has 10 heteroatoms. The van der Waals surface area contributed by atoms with Crippen LogP contribution in [-0.4, -0.2) is 39.2 Å². The van der Waals surface area contributed by atoms with Crippen LogP contribution in [0.15, 0.2) is 58.4 Å². The Bertz CT molecular complexity index is 1100. The van der Waals surface area contributed by atoms with Gasteiger partial charge in [-0.25, -0.2) is 8.42 Å². The molecular formula is C22H25ClN4O4S. The molecule has 2 aromatic rings. The minimum absolute atomic E-state index is 0.0532. The van der Waals surface area contributed by atoms with Crippen molar-refractivity contribution in [2.24, 2.45) is 4.99 Å². The van der Waals surface area contributed by atoms with Gasteiger partial charge in [-0.05, 0) is 49.2 Å². The number of amides is 2. The van der Waals surface area contributed by atoms with E-state index >= 15 is 0 Å². The van der Waals surface area contributed by atoms with Crippen LogP contribution in [0.1, 0.15) is 42.5 Å². The Morgan fingerprint density at radius 2 is 1.75 bits per heavy atom. The van der Waals surface area contributed by atoms with E-state index in [2.05, 4.69) is 20.3 Å². The largest absolute Gasteiger partial charge is 0.351 e. The molecule has 1 heterocycles. The molecular weight excluding hydrogens is 452 g/mol. The van der Waals surface area contributed by atoms with E-state index in [1.165, 1.54) is 24.3 Å². The molecule has 0 unspecified atom stereocenters. The molecule has 170 valence electrons. The minimum atomic E-state index is -3.73. The highest BCUT2D eigenvalue weighted by Gasteiger charge is 2.17. The Labute approximate surface area is 192 Å². The number of hydrogen-bond donors (Lipinski definition) is 3. The summed E-state index contributed by atoms with van der Waals surface area (Å²) in [6.07, 6.45) is 3.57. The van der Waals surface area contributed by atoms with Gasteiger partial charge in [0.05, 0.1) is 15.5 Å². The highest BCUT2D eigenvalue weighted by molar-refractivity contribution is 7.90. The molecule has 0 saturated heterocycles. The number of anilines is 1. The maximum atomic E-state index is 12.6. The predicted molar refractivity (Wildman–Crippen MR) is 125 cm³/mol. The molecule has 0 radical (unpaired) electrons. The number of nitrogens with one attached hydrogen (secondary N) is 3. The fourth-order valence-corrected chi connectivity index (χ4v) is 4.45. The van der Waals surface area contributed by atoms with Gasteiger partial charge in [0.25, 0.3) is 15.9 Å². The molecule has 2 amide bonds. The highest BCUT2D eigenvalue weighted by Crippen LogP contribution is 2.16. The summed E-state index contributed by atoms with van der Waals surface area (Å²) in [4.78, 5) is 28.6. The smallest absolute Gasteiger partial charge is 0.262 e. The van der Waals surface area contributed by atoms with Crippen molar-refractivity contribution in [2.75, 3.05) is 18.4 Å². The van der Waals surface area contributed by atoms with Gasteiger partial charge >= 0.3 is 0 Å². The Morgan fingerprint density at radius 3 is 2.50 bits per heavy atom. The monoisotopic (exact) mass is 476 g/mol. The first-order valence-electron chi connectivity index (χ1n) is 10.3. The molecule has 0 atom stereocenters. The molecule has 0 saturated carbocycles. The van der Waals surface area contributed by atoms with Crippen molar-refractivity contribution >= 4 is 45.0 Å². The summed E-state index contributed by atoms with van der Waals surface area (Å²) in [5, 5.41) is 5.66. The zero-order valence-corrected chi connectivity index (χ0v) is 19.0. The average molecular weight is 477 g/mol. The van der Waals surface area contributed by atoms with Gasteiger partial charge in [0.1, 0.15) is 5.84 Å². The Morgan fingerprint density at radius 1 is 1.00 bits per heavy atom. The van der Waals surface area contributed by atoms with E-state index in [0.29, 0.717) is 35.1 Å². The van der Waals surface area contributed by atoms with Crippen molar-refractivity contribution in [1.29, 1.82) is 0 Å². The first kappa shape index (κ1) is 23.7. The van der Waals surface area contributed by atoms with Crippen molar-refractivity contribution in [2.45, 2.75) is 37.0 Å². The number of hydrogen-bond acceptors (Lipinski definition) is 5. The van der Waals surface area contributed by atoms with Crippen molar-refractivity contribution in [3.63, 3.8) is 0 Å². The minimum Gasteiger partial charge on any atom is -0.351 e. The number of nitrogens with zero attached hydrogens (tertiary/aromatic N) is 1. The summed E-state index contributed by atoms with van der Waals surface area (Å²) in [5.74, 6) is -0.187. The summed E-state index contributed by atoms with van der Waals surface area (Å²) in [5.41, 5.74) is 0.799. The summed E-state index contributed by atoms with van der Waals surface area (Å²) >= 11 is 5.98. The topological polar surface area (TPSA) is 117 Å². The average Bonchev–Trinajstić information content (AvgIpc) is 3.02. The van der Waals surface area contributed by atoms with Gasteiger partial charge in [-0.15, -0.1) is 0 Å². The standard InChI is InChI=1S/C22H25ClN4O4S/c23-19-7-4-3-6-18(19)22(29)25-15-13-21(28)26-16-9-11-17(12-10-16)32(30,31)27-20-8-2-1-5-14-24-20/h3-4,6-7,9-12H,1-2,5,8,13-15H2,(H,24,27)(H,25,29)(H,26,28). The van der Waals surface area contributed by atoms with Crippen LogP contribution >= 0.6 is 11.6 Å². The summed E-state index contributed by atoms with van der Waals surface area (Å²) in [6, 6.07) is 12.5. The van der Waals surface area contributed by atoms with Gasteiger partial charge in [-0.2, -0.15) is 0 Å². The lowest BCUT2D eigenvalue weighted by Crippen LogP contribution is -2.30. The molecule has 0 aliphatic carbocycles. The molecule has 1 aliphatic heterocycles. The van der Waals surface area contributed by atoms with Crippen LogP contribution in [0.5, 0.6) is 0 Å². The van der Waals surface area contributed by atoms with Crippen LogP contribution in [0.3, 0.4) is 0 Å². The quantitative estimate of drug-likeness (QED) is 0.568. The Balaban J connectivity index is 1.49. The molecule has 0 spiro atoms. The number of carbonyl (C=O) groups is 2. The second-order valence-electron chi connectivity index (χ2n) is 7.30. The molecule has 2 aromatic carbocycles. The van der Waals surface area contributed by atoms with Crippen LogP contribution in [0.4, 0.5) is 5.69 Å². The van der Waals surface area contributed by atoms with Gasteiger partial charge < -0.3 is 10.6 Å². The van der Waals surface area contributed by atoms with Gasteiger partial charge in [0, 0.05) is 31.6 Å². The van der Waals surface area contributed by atoms with E-state index in [-0.39, 0.29) is 29.7 Å². The van der Waals surface area contributed by atoms with E-state index in [1.54, 1.807) is 24.3 Å². The number of amidine groups is 1. The summed E-state index contributed by atoms with van der Waals surface area (Å²) < 4.78 is 27.7. The zero-order chi connectivity index (χ0) is 23.0. The number of benzene rings is 2. The molecule has 3 N–H and O–H groups in total. The lowest BCUT2D eigenvalue weighted by molar-refractivity contribution is -0.116. The fraction of sp³-hybridized carbons (Fsp3) is 0.318. The van der Waals surface area contributed by atoms with E-state index in [0.717, 1.165) is 19.3 Å². The van der Waals surface area contributed by atoms with Gasteiger partial charge in [-0.1, -0.05) is 30.2 Å². The Kier molecular flexibility index (Phi) is 8.24. The molecule has 0 fully saturated rings. The first-order valence-corrected chi connectivity index (χ1v) is 12.2. The third-order valence-corrected chi connectivity index (χ3v) is 6.56. The molecule has 3 rings (SSSR count). The van der Waals surface area contributed by atoms with Gasteiger partial charge in [0.15, 0.2) is 0 Å². The first-order chi connectivity index (χ1) is 15.3. The summed E-state index contributed by atoms with van der Waals surface area (Å²) in [7, 11) is -3.73. The lowest BCUT2D eigenvalue weighted by Gasteiger charge is -2.11. The maximum absolute atomic E-state index is 12.6. The van der Waals surface area contributed by atoms with E-state index in [4.69, 9.17) is 11.6 Å². The Hall–Kier alpha value is -2.91. The van der Waals surface area contributed by atoms with Crippen LogP contribution in [-0.2, 0) is 14.8 Å². The number of aliphatic imine (C=N–C) groups is 1. The lowest BCUT2D eigenvalue weighted by atomic mass is 10.2. The van der Waals surface area contributed by atoms with Gasteiger partial charge in [-0.3, -0.25) is 19.3 Å². The third-order valence-electron chi connectivity index (χ3n) is 4.83. The number of rotatable bonds is 7. The SMILES string of the molecule is O=C(CCNC(=O)c1ccccc1Cl)Nc1ccc(S(=O)(=O)NC2=NCCCCC2)cc1. The number of carbonyl (C=O) groups excluding carboxylic acids is 2. The second-order valence-corrected chi connectivity index (χ2v) is 9.39. The molecule has 0 aromatic heterocycles. The highest BCUT2D eigenvalue weighted by atomic mass is 35.5. The number of sulfonamides is 1. The van der Waals surface area contributed by atoms with Crippen molar-refractivity contribution in [3.8, 4) is 0 Å². The normalized spacial score (nSPS) is 14.1. The fourth-order valence-electron chi connectivity index (χ4n) is 3.14. The van der Waals surface area contributed by atoms with Gasteiger partial charge in [0.2, 0.25) is 5.91 Å². The zero-order valence-electron chi connectivity index (χ0n) is 17.4. The van der Waals surface area contributed by atoms with E-state index < -0.39 is 10.0 Å². The molecule has 0 bridgehead atoms. The van der Waals surface area contributed by atoms with E-state index in [9.17, 15) is 18.0 Å². The molecule has 32 heavy (non-hydrogen) atoms. The van der Waals surface area contributed by atoms with Crippen molar-refractivity contribution in [1.82, 2.24) is 10.0 Å². The predicted octanol–water partition coefficient (Wildman–Crippen LogP) is 3.35. The third kappa shape index (κ3) is 6.80. The van der Waals surface area contributed by atoms with Crippen LogP contribution in [0, 0.1) is 0 Å². The summed E-state index contributed by atoms with van der Waals surface area (Å²) in [6.45, 7) is 0.760. The van der Waals surface area contributed by atoms with Crippen LogP contribution < -0.4 is 15.4 Å². The second kappa shape index (κ2) is 11.1. The number of halogens is 1. The van der Waals surface area contributed by atoms with Crippen LogP contribution in [0.25, 0.3) is 0 Å². The molecule has 1 aliphatic rings. The maximum Gasteiger partial charge on any atom is 0.262 e. The molecule has 8 nitrogen and oxygen atoms in total. The van der Waals surface area contributed by atoms with E-state index in [1.807, 2.05) is 0 Å². The van der Waals surface area contributed by atoms with Crippen molar-refractivity contribution in [3.05, 3.63) is 59.1 Å². The van der Waals surface area contributed by atoms with Crippen LogP contribution in [0.2, 0.25) is 5.02 Å². The van der Waals surface area contributed by atoms with Crippen molar-refractivity contribution < 1.29 is 18.0 Å².